The lowest BCUT2D eigenvalue weighted by atomic mass is 10.3. The van der Waals surface area contributed by atoms with Crippen LogP contribution in [0, 0.1) is 0 Å². The van der Waals surface area contributed by atoms with Gasteiger partial charge >= 0.3 is 0 Å². The van der Waals surface area contributed by atoms with Gasteiger partial charge in [0.05, 0.1) is 23.0 Å². The minimum Gasteiger partial charge on any atom is -0.288 e. The Kier molecular flexibility index (Phi) is 3.71. The number of fused-ring (bicyclic) bond motifs is 1. The largest absolute Gasteiger partial charge is 0.288 e. The van der Waals surface area contributed by atoms with Crippen molar-refractivity contribution in [3.8, 4) is 0 Å². The number of nitrogens with one attached hydrogen (secondary N) is 1. The first kappa shape index (κ1) is 13.4. The molecule has 0 bridgehead atoms. The van der Waals surface area contributed by atoms with E-state index in [4.69, 9.17) is 5.21 Å². The summed E-state index contributed by atoms with van der Waals surface area (Å²) in [5.74, 6) is -0.615. The zero-order valence-electron chi connectivity index (χ0n) is 10.8. The van der Waals surface area contributed by atoms with Gasteiger partial charge in [0, 0.05) is 6.08 Å². The van der Waals surface area contributed by atoms with Gasteiger partial charge in [0.2, 0.25) is 0 Å². The highest BCUT2D eigenvalue weighted by molar-refractivity contribution is 7.18. The van der Waals surface area contributed by atoms with Crippen molar-refractivity contribution in [1.29, 1.82) is 0 Å². The minimum atomic E-state index is -0.615. The molecule has 2 heterocycles. The van der Waals surface area contributed by atoms with Crippen molar-refractivity contribution in [3.05, 3.63) is 47.2 Å². The van der Waals surface area contributed by atoms with E-state index in [1.54, 1.807) is 22.2 Å². The number of nitrogens with zero attached hydrogens (tertiary/aromatic N) is 4. The maximum Gasteiger partial charge on any atom is 0.267 e. The van der Waals surface area contributed by atoms with Crippen molar-refractivity contribution < 1.29 is 10.0 Å². The third-order valence-electron chi connectivity index (χ3n) is 2.71. The van der Waals surface area contributed by atoms with Crippen molar-refractivity contribution in [2.75, 3.05) is 0 Å². The molecule has 2 aromatic heterocycles. The number of carbonyl (C=O) groups is 1. The van der Waals surface area contributed by atoms with Crippen LogP contribution in [0.3, 0.4) is 0 Å². The Morgan fingerprint density at radius 1 is 1.43 bits per heavy atom. The summed E-state index contributed by atoms with van der Waals surface area (Å²) in [6.07, 6.45) is 4.34. The van der Waals surface area contributed by atoms with E-state index in [1.165, 1.54) is 17.6 Å². The summed E-state index contributed by atoms with van der Waals surface area (Å²) in [4.78, 5) is 15.4. The summed E-state index contributed by atoms with van der Waals surface area (Å²) in [6, 6.07) is 7.93. The Bertz CT molecular complexity index is 775. The lowest BCUT2D eigenvalue weighted by Crippen LogP contribution is -2.14. The van der Waals surface area contributed by atoms with Crippen molar-refractivity contribution in [2.24, 2.45) is 0 Å². The normalized spacial score (nSPS) is 11.3. The fourth-order valence-electron chi connectivity index (χ4n) is 1.79. The van der Waals surface area contributed by atoms with Gasteiger partial charge in [-0.05, 0) is 18.2 Å². The van der Waals surface area contributed by atoms with Crippen molar-refractivity contribution in [1.82, 2.24) is 25.5 Å². The number of thiazole rings is 1. The van der Waals surface area contributed by atoms with Crippen molar-refractivity contribution in [3.63, 3.8) is 0 Å². The molecule has 21 heavy (non-hydrogen) atoms. The third-order valence-corrected chi connectivity index (χ3v) is 3.73. The fourth-order valence-corrected chi connectivity index (χ4v) is 2.75. The van der Waals surface area contributed by atoms with Crippen LogP contribution in [0.15, 0.2) is 36.5 Å². The molecule has 0 fully saturated rings. The number of para-hydroxylation sites is 1. The summed E-state index contributed by atoms with van der Waals surface area (Å²) in [5.41, 5.74) is 3.00. The van der Waals surface area contributed by atoms with Crippen LogP contribution in [-0.2, 0) is 11.3 Å². The van der Waals surface area contributed by atoms with E-state index in [0.29, 0.717) is 12.2 Å². The molecule has 0 radical (unpaired) electrons. The van der Waals surface area contributed by atoms with Crippen LogP contribution < -0.4 is 5.48 Å². The van der Waals surface area contributed by atoms with Crippen molar-refractivity contribution in [2.45, 2.75) is 6.54 Å². The summed E-state index contributed by atoms with van der Waals surface area (Å²) in [6.45, 7) is 0.520. The summed E-state index contributed by atoms with van der Waals surface area (Å²) >= 11 is 1.61. The molecule has 0 spiro atoms. The number of rotatable bonds is 4. The predicted octanol–water partition coefficient (Wildman–Crippen LogP) is 1.45. The standard InChI is InChI=1S/C13H11N5O2S/c19-12(16-20)6-5-9-7-18(17-15-9)8-13-14-10-3-1-2-4-11(10)21-13/h1-7,20H,8H2,(H,16,19)/b6-5+. The molecule has 0 aliphatic heterocycles. The zero-order chi connectivity index (χ0) is 14.7. The monoisotopic (exact) mass is 301 g/mol. The van der Waals surface area contributed by atoms with Crippen LogP contribution in [-0.4, -0.2) is 31.1 Å². The van der Waals surface area contributed by atoms with E-state index in [0.717, 1.165) is 15.2 Å². The Hall–Kier alpha value is -2.58. The van der Waals surface area contributed by atoms with Crippen LogP contribution in [0.4, 0.5) is 0 Å². The maximum atomic E-state index is 10.9. The predicted molar refractivity (Wildman–Crippen MR) is 77.7 cm³/mol. The van der Waals surface area contributed by atoms with E-state index >= 15 is 0 Å². The Labute approximate surface area is 123 Å². The third kappa shape index (κ3) is 3.12. The van der Waals surface area contributed by atoms with Crippen LogP contribution in [0.2, 0.25) is 0 Å². The lowest BCUT2D eigenvalue weighted by Gasteiger charge is -1.93. The quantitative estimate of drug-likeness (QED) is 0.432. The smallest absolute Gasteiger partial charge is 0.267 e. The SMILES string of the molecule is O=C(/C=C/c1cn(Cc2nc3ccccc3s2)nn1)NO. The molecule has 106 valence electrons. The van der Waals surface area contributed by atoms with Gasteiger partial charge in [-0.1, -0.05) is 17.3 Å². The molecule has 0 saturated heterocycles. The average molecular weight is 301 g/mol. The van der Waals surface area contributed by atoms with Crippen LogP contribution in [0.1, 0.15) is 10.7 Å². The number of hydrogen-bond acceptors (Lipinski definition) is 6. The first-order valence-electron chi connectivity index (χ1n) is 6.11. The van der Waals surface area contributed by atoms with Crippen LogP contribution in [0.25, 0.3) is 16.3 Å². The van der Waals surface area contributed by atoms with Gasteiger partial charge < -0.3 is 0 Å². The molecule has 0 aliphatic carbocycles. The fraction of sp³-hybridized carbons (Fsp3) is 0.0769. The first-order chi connectivity index (χ1) is 10.2. The first-order valence-corrected chi connectivity index (χ1v) is 6.93. The topological polar surface area (TPSA) is 92.9 Å². The summed E-state index contributed by atoms with van der Waals surface area (Å²) in [7, 11) is 0. The number of aromatic nitrogens is 4. The van der Waals surface area contributed by atoms with Gasteiger partial charge in [0.15, 0.2) is 0 Å². The molecule has 8 heteroatoms. The highest BCUT2D eigenvalue weighted by Crippen LogP contribution is 2.21. The van der Waals surface area contributed by atoms with Gasteiger partial charge in [-0.15, -0.1) is 16.4 Å². The molecule has 1 aromatic carbocycles. The molecule has 1 amide bonds. The van der Waals surface area contributed by atoms with E-state index < -0.39 is 5.91 Å². The van der Waals surface area contributed by atoms with Gasteiger partial charge in [0.25, 0.3) is 5.91 Å². The molecule has 3 rings (SSSR count). The molecular weight excluding hydrogens is 290 g/mol. The van der Waals surface area contributed by atoms with Gasteiger partial charge in [-0.2, -0.15) is 0 Å². The number of hydrogen-bond donors (Lipinski definition) is 2. The van der Waals surface area contributed by atoms with E-state index in [9.17, 15) is 4.79 Å². The highest BCUT2D eigenvalue weighted by atomic mass is 32.1. The van der Waals surface area contributed by atoms with Crippen LogP contribution in [0.5, 0.6) is 0 Å². The van der Waals surface area contributed by atoms with E-state index in [2.05, 4.69) is 15.3 Å². The Morgan fingerprint density at radius 2 is 2.29 bits per heavy atom. The van der Waals surface area contributed by atoms with Gasteiger partial charge in [0.1, 0.15) is 10.7 Å². The number of amides is 1. The molecule has 3 aromatic rings. The second-order valence-electron chi connectivity index (χ2n) is 4.23. The van der Waals surface area contributed by atoms with E-state index in [1.807, 2.05) is 24.3 Å². The highest BCUT2D eigenvalue weighted by Gasteiger charge is 2.05. The molecule has 7 nitrogen and oxygen atoms in total. The lowest BCUT2D eigenvalue weighted by molar-refractivity contribution is -0.124. The zero-order valence-corrected chi connectivity index (χ0v) is 11.6. The summed E-state index contributed by atoms with van der Waals surface area (Å²) < 4.78 is 2.78. The summed E-state index contributed by atoms with van der Waals surface area (Å²) in [5, 5.41) is 17.2. The number of benzene rings is 1. The molecule has 0 saturated carbocycles. The second kappa shape index (κ2) is 5.81. The molecule has 2 N–H and O–H groups in total. The van der Waals surface area contributed by atoms with E-state index in [-0.39, 0.29) is 0 Å². The van der Waals surface area contributed by atoms with Crippen LogP contribution >= 0.6 is 11.3 Å². The average Bonchev–Trinajstić information content (AvgIpc) is 3.10. The number of carbonyl (C=O) groups excluding carboxylic acids is 1. The maximum absolute atomic E-state index is 10.9. The van der Waals surface area contributed by atoms with Gasteiger partial charge in [-0.3, -0.25) is 10.0 Å². The molecular formula is C13H11N5O2S. The number of hydroxylamine groups is 1. The Balaban J connectivity index is 1.74. The van der Waals surface area contributed by atoms with Gasteiger partial charge in [-0.25, -0.2) is 15.1 Å². The minimum absolute atomic E-state index is 0.520. The molecule has 0 atom stereocenters. The van der Waals surface area contributed by atoms with Crippen molar-refractivity contribution >= 4 is 33.5 Å². The molecule has 0 aliphatic rings. The molecule has 0 unspecified atom stereocenters. The second-order valence-corrected chi connectivity index (χ2v) is 5.34. The Morgan fingerprint density at radius 3 is 3.10 bits per heavy atom.